The van der Waals surface area contributed by atoms with Crippen LogP contribution >= 0.6 is 34.8 Å². The van der Waals surface area contributed by atoms with E-state index in [4.69, 9.17) is 39.5 Å². The number of morpholine rings is 1. The minimum absolute atomic E-state index is 0.0119. The van der Waals surface area contributed by atoms with E-state index >= 15 is 0 Å². The lowest BCUT2D eigenvalue weighted by molar-refractivity contribution is 0.0394. The molecule has 0 saturated carbocycles. The molecule has 1 fully saturated rings. The van der Waals surface area contributed by atoms with E-state index < -0.39 is 5.82 Å². The molecule has 1 atom stereocenters. The highest BCUT2D eigenvalue weighted by atomic mass is 35.5. The van der Waals surface area contributed by atoms with Crippen molar-refractivity contribution < 1.29 is 9.13 Å². The minimum Gasteiger partial charge on any atom is -0.370 e. The van der Waals surface area contributed by atoms with E-state index in [0.717, 1.165) is 0 Å². The van der Waals surface area contributed by atoms with E-state index in [1.54, 1.807) is 6.20 Å². The highest BCUT2D eigenvalue weighted by Gasteiger charge is 2.26. The van der Waals surface area contributed by atoms with Crippen molar-refractivity contribution in [1.29, 1.82) is 0 Å². The van der Waals surface area contributed by atoms with Crippen molar-refractivity contribution >= 4 is 40.6 Å². The summed E-state index contributed by atoms with van der Waals surface area (Å²) in [5.41, 5.74) is 0.559. The molecule has 1 aliphatic rings. The second-order valence-corrected chi connectivity index (χ2v) is 5.99. The maximum atomic E-state index is 13.7. The molecule has 2 heterocycles. The lowest BCUT2D eigenvalue weighted by Gasteiger charge is -2.34. The maximum Gasteiger partial charge on any atom is 0.149 e. The van der Waals surface area contributed by atoms with E-state index in [2.05, 4.69) is 9.97 Å². The number of ether oxygens (including phenoxy) is 1. The van der Waals surface area contributed by atoms with Crippen LogP contribution in [0.25, 0.3) is 0 Å². The van der Waals surface area contributed by atoms with Gasteiger partial charge in [-0.1, -0.05) is 34.8 Å². The molecule has 8 heteroatoms. The van der Waals surface area contributed by atoms with Crippen molar-refractivity contribution in [3.63, 3.8) is 0 Å². The summed E-state index contributed by atoms with van der Waals surface area (Å²) in [6.45, 7) is 1.56. The van der Waals surface area contributed by atoms with Crippen LogP contribution in [0.15, 0.2) is 24.5 Å². The van der Waals surface area contributed by atoms with Crippen LogP contribution in [0.1, 0.15) is 11.7 Å². The van der Waals surface area contributed by atoms with Gasteiger partial charge in [-0.2, -0.15) is 0 Å². The van der Waals surface area contributed by atoms with Crippen LogP contribution in [0.5, 0.6) is 0 Å². The Kier molecular flexibility index (Phi) is 4.68. The van der Waals surface area contributed by atoms with Gasteiger partial charge >= 0.3 is 0 Å². The van der Waals surface area contributed by atoms with Crippen molar-refractivity contribution in [3.8, 4) is 0 Å². The van der Waals surface area contributed by atoms with Crippen LogP contribution in [0, 0.1) is 5.82 Å². The molecule has 1 saturated heterocycles. The Morgan fingerprint density at radius 3 is 2.77 bits per heavy atom. The normalized spacial score (nSPS) is 18.5. The first-order chi connectivity index (χ1) is 10.5. The topological polar surface area (TPSA) is 38.2 Å². The van der Waals surface area contributed by atoms with Gasteiger partial charge in [0.25, 0.3) is 0 Å². The molecule has 3 rings (SSSR count). The van der Waals surface area contributed by atoms with Gasteiger partial charge in [-0.05, 0) is 12.1 Å². The number of anilines is 1. The zero-order valence-electron chi connectivity index (χ0n) is 11.3. The molecule has 1 aromatic carbocycles. The first kappa shape index (κ1) is 15.7. The Hall–Kier alpha value is -1.14. The summed E-state index contributed by atoms with van der Waals surface area (Å²) in [6.07, 6.45) is 2.71. The van der Waals surface area contributed by atoms with Crippen LogP contribution in [0.3, 0.4) is 0 Å². The smallest absolute Gasteiger partial charge is 0.149 e. The van der Waals surface area contributed by atoms with Gasteiger partial charge in [-0.25, -0.2) is 9.37 Å². The first-order valence-corrected chi connectivity index (χ1v) is 7.66. The zero-order valence-corrected chi connectivity index (χ0v) is 13.5. The number of hydrogen-bond acceptors (Lipinski definition) is 4. The van der Waals surface area contributed by atoms with Gasteiger partial charge in [0.05, 0.1) is 24.0 Å². The molecule has 1 unspecified atom stereocenters. The fraction of sp³-hybridized carbons (Fsp3) is 0.286. The summed E-state index contributed by atoms with van der Waals surface area (Å²) >= 11 is 17.7. The van der Waals surface area contributed by atoms with Crippen molar-refractivity contribution in [2.24, 2.45) is 0 Å². The molecule has 1 aromatic heterocycles. The van der Waals surface area contributed by atoms with Gasteiger partial charge in [-0.3, -0.25) is 4.98 Å². The van der Waals surface area contributed by atoms with Crippen LogP contribution in [-0.2, 0) is 4.74 Å². The molecule has 116 valence electrons. The Morgan fingerprint density at radius 1 is 1.18 bits per heavy atom. The largest absolute Gasteiger partial charge is 0.370 e. The summed E-state index contributed by atoms with van der Waals surface area (Å²) in [6, 6.07) is 2.69. The van der Waals surface area contributed by atoms with Crippen LogP contribution < -0.4 is 4.90 Å². The van der Waals surface area contributed by atoms with Gasteiger partial charge in [0, 0.05) is 23.7 Å². The minimum atomic E-state index is -0.524. The molecular formula is C14H11Cl3FN3O. The second kappa shape index (κ2) is 6.54. The van der Waals surface area contributed by atoms with E-state index in [0.29, 0.717) is 41.3 Å². The van der Waals surface area contributed by atoms with Crippen molar-refractivity contribution in [2.75, 3.05) is 24.6 Å². The standard InChI is InChI=1S/C14H11Cl3FN3O/c15-9-4-10(16)11(18)3-8(9)12-7-21(1-2-22-12)14-6-19-5-13(17)20-14/h3-6,12H,1-2,7H2. The van der Waals surface area contributed by atoms with Crippen molar-refractivity contribution in [1.82, 2.24) is 9.97 Å². The van der Waals surface area contributed by atoms with Gasteiger partial charge in [0.1, 0.15) is 22.9 Å². The average Bonchev–Trinajstić information content (AvgIpc) is 2.51. The number of benzene rings is 1. The summed E-state index contributed by atoms with van der Waals surface area (Å²) in [5, 5.41) is 0.675. The first-order valence-electron chi connectivity index (χ1n) is 6.53. The van der Waals surface area contributed by atoms with Gasteiger partial charge in [0.2, 0.25) is 0 Å². The third-order valence-electron chi connectivity index (χ3n) is 3.37. The highest BCUT2D eigenvalue weighted by Crippen LogP contribution is 2.33. The summed E-state index contributed by atoms with van der Waals surface area (Å²) in [5.74, 6) is 0.121. The number of halogens is 4. The fourth-order valence-electron chi connectivity index (χ4n) is 2.32. The number of nitrogens with zero attached hydrogens (tertiary/aromatic N) is 3. The molecule has 4 nitrogen and oxygen atoms in total. The predicted molar refractivity (Wildman–Crippen MR) is 84.4 cm³/mol. The summed E-state index contributed by atoms with van der Waals surface area (Å²) < 4.78 is 19.4. The molecule has 0 spiro atoms. The van der Waals surface area contributed by atoms with E-state index in [-0.39, 0.29) is 11.1 Å². The second-order valence-electron chi connectivity index (χ2n) is 4.79. The van der Waals surface area contributed by atoms with Crippen molar-refractivity contribution in [3.05, 3.63) is 51.1 Å². The highest BCUT2D eigenvalue weighted by molar-refractivity contribution is 6.35. The van der Waals surface area contributed by atoms with Crippen molar-refractivity contribution in [2.45, 2.75) is 6.10 Å². The predicted octanol–water partition coefficient (Wildman–Crippen LogP) is 4.15. The van der Waals surface area contributed by atoms with Crippen LogP contribution in [-0.4, -0.2) is 29.7 Å². The molecule has 0 amide bonds. The molecule has 0 radical (unpaired) electrons. The third kappa shape index (κ3) is 3.27. The summed E-state index contributed by atoms with van der Waals surface area (Å²) in [7, 11) is 0. The molecule has 22 heavy (non-hydrogen) atoms. The Morgan fingerprint density at radius 2 is 2.00 bits per heavy atom. The van der Waals surface area contributed by atoms with Crippen LogP contribution in [0.4, 0.5) is 10.2 Å². The van der Waals surface area contributed by atoms with Gasteiger partial charge in [-0.15, -0.1) is 0 Å². The van der Waals surface area contributed by atoms with Gasteiger partial charge < -0.3 is 9.64 Å². The van der Waals surface area contributed by atoms with Crippen LogP contribution in [0.2, 0.25) is 15.2 Å². The molecule has 1 aliphatic heterocycles. The lowest BCUT2D eigenvalue weighted by atomic mass is 10.1. The molecular weight excluding hydrogens is 352 g/mol. The Labute approximate surface area is 141 Å². The average molecular weight is 363 g/mol. The molecule has 0 bridgehead atoms. The zero-order chi connectivity index (χ0) is 15.7. The maximum absolute atomic E-state index is 13.7. The summed E-state index contributed by atoms with van der Waals surface area (Å²) in [4.78, 5) is 10.2. The Balaban J connectivity index is 1.86. The quantitative estimate of drug-likeness (QED) is 0.752. The van der Waals surface area contributed by atoms with E-state index in [9.17, 15) is 4.39 Å². The third-order valence-corrected chi connectivity index (χ3v) is 4.17. The van der Waals surface area contributed by atoms with E-state index in [1.807, 2.05) is 4.90 Å². The van der Waals surface area contributed by atoms with E-state index in [1.165, 1.54) is 18.3 Å². The molecule has 2 aromatic rings. The number of hydrogen-bond donors (Lipinski definition) is 0. The molecule has 0 aliphatic carbocycles. The fourth-order valence-corrected chi connectivity index (χ4v) is 2.96. The lowest BCUT2D eigenvalue weighted by Crippen LogP contribution is -2.39. The molecule has 0 N–H and O–H groups in total. The number of aromatic nitrogens is 2. The Bertz CT molecular complexity index is 701. The SMILES string of the molecule is Fc1cc(C2CN(c3cncc(Cl)n3)CCO2)c(Cl)cc1Cl. The van der Waals surface area contributed by atoms with Gasteiger partial charge in [0.15, 0.2) is 0 Å². The monoisotopic (exact) mass is 361 g/mol. The number of rotatable bonds is 2.